The van der Waals surface area contributed by atoms with E-state index in [1.807, 2.05) is 25.1 Å². The fraction of sp³-hybridized carbons (Fsp3) is 0.250. The topological polar surface area (TPSA) is 61.8 Å². The van der Waals surface area contributed by atoms with Crippen LogP contribution in [0.3, 0.4) is 0 Å². The van der Waals surface area contributed by atoms with Crippen LogP contribution in [0.25, 0.3) is 0 Å². The molecule has 0 saturated carbocycles. The fourth-order valence-electron chi connectivity index (χ4n) is 2.72. The van der Waals surface area contributed by atoms with Gasteiger partial charge in [-0.1, -0.05) is 48.5 Å². The van der Waals surface area contributed by atoms with Crippen molar-refractivity contribution < 1.29 is 14.0 Å². The number of amides is 2. The van der Waals surface area contributed by atoms with Crippen molar-refractivity contribution in [3.63, 3.8) is 0 Å². The molecule has 1 N–H and O–H groups in total. The fourth-order valence-corrected chi connectivity index (χ4v) is 4.08. The molecule has 0 radical (unpaired) electrons. The molecule has 1 saturated heterocycles. The Hall–Kier alpha value is -2.38. The summed E-state index contributed by atoms with van der Waals surface area (Å²) >= 11 is 7.05. The number of para-hydroxylation sites is 1. The summed E-state index contributed by atoms with van der Waals surface area (Å²) in [5.74, 6) is -0.914. The minimum atomic E-state index is -0.551. The molecule has 28 heavy (non-hydrogen) atoms. The maximum absolute atomic E-state index is 13.4. The molecule has 2 aromatic carbocycles. The molecule has 5 nitrogen and oxygen atoms in total. The predicted octanol–water partition coefficient (Wildman–Crippen LogP) is 4.85. The van der Waals surface area contributed by atoms with E-state index in [2.05, 4.69) is 10.3 Å². The van der Waals surface area contributed by atoms with Gasteiger partial charge in [-0.3, -0.25) is 14.5 Å². The van der Waals surface area contributed by atoms with E-state index in [-0.39, 0.29) is 23.3 Å². The van der Waals surface area contributed by atoms with Gasteiger partial charge in [-0.15, -0.1) is 0 Å². The maximum atomic E-state index is 13.4. The third-order valence-electron chi connectivity index (χ3n) is 4.02. The number of amidine groups is 1. The molecule has 1 unspecified atom stereocenters. The van der Waals surface area contributed by atoms with Gasteiger partial charge in [0.15, 0.2) is 5.17 Å². The highest BCUT2D eigenvalue weighted by atomic mass is 35.5. The third kappa shape index (κ3) is 4.91. The first-order valence-corrected chi connectivity index (χ1v) is 10.1. The van der Waals surface area contributed by atoms with Gasteiger partial charge >= 0.3 is 0 Å². The molecule has 2 amide bonds. The minimum absolute atomic E-state index is 0.0306. The summed E-state index contributed by atoms with van der Waals surface area (Å²) in [4.78, 5) is 31.1. The summed E-state index contributed by atoms with van der Waals surface area (Å²) in [5.41, 5.74) is 1.14. The molecule has 1 atom stereocenters. The van der Waals surface area contributed by atoms with Crippen molar-refractivity contribution in [2.45, 2.75) is 25.0 Å². The predicted molar refractivity (Wildman–Crippen MR) is 112 cm³/mol. The Morgan fingerprint density at radius 2 is 2.04 bits per heavy atom. The molecule has 0 aliphatic carbocycles. The van der Waals surface area contributed by atoms with Gasteiger partial charge in [0.25, 0.3) is 0 Å². The number of nitrogens with zero attached hydrogens (tertiary/aromatic N) is 2. The summed E-state index contributed by atoms with van der Waals surface area (Å²) < 4.78 is 13.4. The lowest BCUT2D eigenvalue weighted by Gasteiger charge is -2.15. The van der Waals surface area contributed by atoms with Gasteiger partial charge in [-0.05, 0) is 36.8 Å². The van der Waals surface area contributed by atoms with Gasteiger partial charge in [0, 0.05) is 18.7 Å². The summed E-state index contributed by atoms with van der Waals surface area (Å²) in [6, 6.07) is 13.2. The van der Waals surface area contributed by atoms with Crippen LogP contribution in [0.4, 0.5) is 15.8 Å². The number of benzene rings is 2. The molecule has 8 heteroatoms. The molecule has 3 rings (SSSR count). The van der Waals surface area contributed by atoms with Crippen LogP contribution < -0.4 is 5.32 Å². The Morgan fingerprint density at radius 3 is 2.71 bits per heavy atom. The molecular formula is C20H19ClFN3O2S. The maximum Gasteiger partial charge on any atom is 0.242 e. The zero-order valence-electron chi connectivity index (χ0n) is 15.2. The lowest BCUT2D eigenvalue weighted by Crippen LogP contribution is -2.34. The van der Waals surface area contributed by atoms with E-state index in [4.69, 9.17) is 11.6 Å². The molecule has 0 aromatic heterocycles. The number of aliphatic imine (C=N–C) groups is 1. The van der Waals surface area contributed by atoms with E-state index in [1.54, 1.807) is 17.0 Å². The van der Waals surface area contributed by atoms with E-state index in [1.165, 1.54) is 30.0 Å². The summed E-state index contributed by atoms with van der Waals surface area (Å²) in [6.45, 7) is 2.45. The summed E-state index contributed by atoms with van der Waals surface area (Å²) in [5, 5.41) is 2.70. The van der Waals surface area contributed by atoms with E-state index in [0.717, 1.165) is 6.42 Å². The van der Waals surface area contributed by atoms with Crippen LogP contribution in [0, 0.1) is 5.82 Å². The normalized spacial score (nSPS) is 18.0. The van der Waals surface area contributed by atoms with Crippen molar-refractivity contribution in [3.8, 4) is 0 Å². The summed E-state index contributed by atoms with van der Waals surface area (Å²) in [6.07, 6.45) is 0.792. The first-order valence-electron chi connectivity index (χ1n) is 8.84. The number of halogens is 2. The van der Waals surface area contributed by atoms with Crippen LogP contribution in [0.15, 0.2) is 53.5 Å². The van der Waals surface area contributed by atoms with Gasteiger partial charge in [0.2, 0.25) is 11.8 Å². The van der Waals surface area contributed by atoms with Crippen LogP contribution in [0.5, 0.6) is 0 Å². The lowest BCUT2D eigenvalue weighted by molar-refractivity contribution is -0.128. The molecular weight excluding hydrogens is 401 g/mol. The first-order chi connectivity index (χ1) is 13.5. The van der Waals surface area contributed by atoms with Crippen molar-refractivity contribution in [2.75, 3.05) is 11.9 Å². The summed E-state index contributed by atoms with van der Waals surface area (Å²) in [7, 11) is 0. The Bertz CT molecular complexity index is 908. The largest absolute Gasteiger partial charge is 0.326 e. The smallest absolute Gasteiger partial charge is 0.242 e. The van der Waals surface area contributed by atoms with E-state index >= 15 is 0 Å². The lowest BCUT2D eigenvalue weighted by atomic mass is 10.2. The van der Waals surface area contributed by atoms with Gasteiger partial charge in [-0.25, -0.2) is 9.38 Å². The van der Waals surface area contributed by atoms with Crippen molar-refractivity contribution in [2.24, 2.45) is 4.99 Å². The van der Waals surface area contributed by atoms with Crippen LogP contribution in [-0.2, 0) is 9.59 Å². The zero-order valence-corrected chi connectivity index (χ0v) is 16.8. The highest BCUT2D eigenvalue weighted by Gasteiger charge is 2.38. The number of nitrogens with one attached hydrogen (secondary N) is 1. The molecule has 2 aromatic rings. The van der Waals surface area contributed by atoms with Gasteiger partial charge in [-0.2, -0.15) is 0 Å². The van der Waals surface area contributed by atoms with Crippen LogP contribution in [0.1, 0.15) is 19.8 Å². The highest BCUT2D eigenvalue weighted by Crippen LogP contribution is 2.32. The second-order valence-electron chi connectivity index (χ2n) is 6.21. The Morgan fingerprint density at radius 1 is 1.29 bits per heavy atom. The van der Waals surface area contributed by atoms with Gasteiger partial charge < -0.3 is 5.32 Å². The number of rotatable bonds is 6. The van der Waals surface area contributed by atoms with Crippen LogP contribution in [0.2, 0.25) is 5.02 Å². The van der Waals surface area contributed by atoms with Gasteiger partial charge in [0.05, 0.1) is 10.7 Å². The Balaban J connectivity index is 1.75. The second-order valence-corrected chi connectivity index (χ2v) is 7.78. The molecule has 1 fully saturated rings. The molecule has 1 aliphatic rings. The minimum Gasteiger partial charge on any atom is -0.326 e. The Kier molecular flexibility index (Phi) is 6.70. The second kappa shape index (κ2) is 9.21. The zero-order chi connectivity index (χ0) is 20.1. The van der Waals surface area contributed by atoms with E-state index in [0.29, 0.717) is 23.1 Å². The average Bonchev–Trinajstić information content (AvgIpc) is 2.94. The third-order valence-corrected chi connectivity index (χ3v) is 5.49. The number of hydrogen-bond acceptors (Lipinski definition) is 4. The molecule has 1 heterocycles. The standard InChI is InChI=1S/C20H19ClFN3O2S/c1-2-10-25-19(27)17(12-18(26)23-13-6-4-3-5-7-13)28-20(25)24-14-8-9-16(22)15(21)11-14/h3-9,11,17H,2,10,12H2,1H3,(H,23,26). The SMILES string of the molecule is CCCN1C(=O)C(CC(=O)Nc2ccccc2)SC1=Nc1ccc(F)c(Cl)c1. The quantitative estimate of drug-likeness (QED) is 0.728. The number of hydrogen-bond donors (Lipinski definition) is 1. The van der Waals surface area contributed by atoms with Gasteiger partial charge in [0.1, 0.15) is 11.1 Å². The van der Waals surface area contributed by atoms with Crippen molar-refractivity contribution in [1.82, 2.24) is 4.90 Å². The Labute approximate surface area is 172 Å². The number of thioether (sulfide) groups is 1. The van der Waals surface area contributed by atoms with Crippen LogP contribution in [-0.4, -0.2) is 33.7 Å². The van der Waals surface area contributed by atoms with E-state index in [9.17, 15) is 14.0 Å². The molecule has 1 aliphatic heterocycles. The first kappa shape index (κ1) is 20.4. The van der Waals surface area contributed by atoms with Crippen molar-refractivity contribution in [3.05, 3.63) is 59.4 Å². The number of carbonyl (C=O) groups is 2. The van der Waals surface area contributed by atoms with Crippen LogP contribution >= 0.6 is 23.4 Å². The number of carbonyl (C=O) groups excluding carboxylic acids is 2. The molecule has 0 bridgehead atoms. The average molecular weight is 420 g/mol. The molecule has 0 spiro atoms. The highest BCUT2D eigenvalue weighted by molar-refractivity contribution is 8.15. The van der Waals surface area contributed by atoms with Crippen molar-refractivity contribution >= 4 is 51.7 Å². The van der Waals surface area contributed by atoms with E-state index < -0.39 is 11.1 Å². The molecule has 146 valence electrons. The monoisotopic (exact) mass is 419 g/mol. The number of anilines is 1. The van der Waals surface area contributed by atoms with Crippen molar-refractivity contribution in [1.29, 1.82) is 0 Å².